The van der Waals surface area contributed by atoms with E-state index in [0.717, 1.165) is 6.07 Å². The molecule has 4 aliphatic rings. The van der Waals surface area contributed by atoms with Gasteiger partial charge >= 0.3 is 35.5 Å². The zero-order valence-corrected chi connectivity index (χ0v) is 42.8. The van der Waals surface area contributed by atoms with Crippen molar-refractivity contribution >= 4 is 70.0 Å². The molecule has 11 unspecified atom stereocenters. The van der Waals surface area contributed by atoms with Gasteiger partial charge in [0.1, 0.15) is 82.6 Å². The molecule has 1 aromatic heterocycles. The maximum absolute atomic E-state index is 14.1. The summed E-state index contributed by atoms with van der Waals surface area (Å²) in [6.45, 7) is 0.0650. The van der Waals surface area contributed by atoms with E-state index in [4.69, 9.17) is 44.4 Å². The number of unbranched alkanes of at least 4 members (excludes halogenated alkanes) is 1. The first-order valence-electron chi connectivity index (χ1n) is 24.8. The van der Waals surface area contributed by atoms with Crippen molar-refractivity contribution in [3.05, 3.63) is 116 Å². The summed E-state index contributed by atoms with van der Waals surface area (Å²) in [6, 6.07) is 13.1. The van der Waals surface area contributed by atoms with Crippen molar-refractivity contribution in [1.82, 2.24) is 16.0 Å². The number of ether oxygens (including phenoxy) is 6. The average molecular weight is 1170 g/mol. The van der Waals surface area contributed by atoms with Gasteiger partial charge in [0.05, 0.1) is 10.6 Å². The van der Waals surface area contributed by atoms with Crippen molar-refractivity contribution in [2.45, 2.75) is 98.7 Å². The first kappa shape index (κ1) is 58.0. The van der Waals surface area contributed by atoms with Crippen LogP contribution in [0.5, 0.6) is 28.7 Å². The molecule has 4 aliphatic heterocycles. The van der Waals surface area contributed by atoms with Crippen molar-refractivity contribution in [2.75, 3.05) is 18.4 Å². The molecule has 5 heterocycles. The molecule has 0 bridgehead atoms. The molecule has 1 spiro atoms. The largest absolute Gasteiger partial charge is 0.506 e. The smallest absolute Gasteiger partial charge is 0.349 e. The number of halogens is 1. The minimum Gasteiger partial charge on any atom is -0.506 e. The Balaban J connectivity index is 0.914. The Morgan fingerprint density at radius 2 is 1.23 bits per heavy atom. The van der Waals surface area contributed by atoms with E-state index in [1.807, 2.05) is 0 Å². The number of esters is 1. The number of carbonyl (C=O) groups is 7. The molecule has 0 radical (unpaired) electrons. The molecule has 82 heavy (non-hydrogen) atoms. The van der Waals surface area contributed by atoms with Crippen LogP contribution in [0.2, 0.25) is 5.02 Å². The van der Waals surface area contributed by atoms with E-state index in [-0.39, 0.29) is 104 Å². The summed E-state index contributed by atoms with van der Waals surface area (Å²) in [6.07, 6.45) is -20.2. The second-order valence-electron chi connectivity index (χ2n) is 19.1. The van der Waals surface area contributed by atoms with Gasteiger partial charge in [-0.05, 0) is 67.8 Å². The summed E-state index contributed by atoms with van der Waals surface area (Å²) in [5.74, 6) is -8.08. The quantitative estimate of drug-likeness (QED) is 0.0310. The summed E-state index contributed by atoms with van der Waals surface area (Å²) in [5, 5.41) is 111. The van der Waals surface area contributed by atoms with E-state index < -0.39 is 127 Å². The number of amides is 4. The maximum atomic E-state index is 14.1. The molecular weight excluding hydrogens is 1120 g/mol. The topological polar surface area (TPSA) is 455 Å². The Hall–Kier alpha value is -8.65. The van der Waals surface area contributed by atoms with Crippen LogP contribution in [-0.2, 0) is 39.0 Å². The van der Waals surface area contributed by atoms with E-state index in [2.05, 4.69) is 21.3 Å². The lowest BCUT2D eigenvalue weighted by Crippen LogP contribution is -2.61. The number of anilines is 1. The highest BCUT2D eigenvalue weighted by Gasteiger charge is 2.55. The van der Waals surface area contributed by atoms with Crippen molar-refractivity contribution in [3.63, 3.8) is 0 Å². The van der Waals surface area contributed by atoms with Gasteiger partial charge in [-0.3, -0.25) is 14.4 Å². The van der Waals surface area contributed by atoms with Crippen molar-refractivity contribution in [1.29, 1.82) is 0 Å². The summed E-state index contributed by atoms with van der Waals surface area (Å²) >= 11 is 5.94. The standard InChI is InChI=1S/C52H49ClN4O25/c53-28-14-19-13-24(47(73)79-31(19)18-30(28)58)43(67)54-11-1-2-12-55-44(68)29(9-10-34(59)60)57-51(75)56-20-3-6-25-23(15-20)48(74)82-52(25)26-7-4-21(76-49-39(65)35(61)37(63)41(80-49)45(69)70)16-32(26)78-33-17-22(5-8-27(33)52)77-50-40(66)36(62)38(64)42(81-50)46(71)72/h3-8,13-18,29,35-42,49-50,58,61-66H,1-2,9-12H2,(H,54,67)(H,55,68)(H,59,60)(H,69,70)(H,71,72)(H2,56,57,75). The Bertz CT molecular complexity index is 3350. The number of aliphatic hydroxyl groups excluding tert-OH is 6. The number of urea groups is 1. The fourth-order valence-corrected chi connectivity index (χ4v) is 9.68. The fourth-order valence-electron chi connectivity index (χ4n) is 9.51. The number of phenolic OH excluding ortho intramolecular Hbond substituents is 1. The highest BCUT2D eigenvalue weighted by atomic mass is 35.5. The second kappa shape index (κ2) is 23.4. The SMILES string of the molecule is O=C(O)CCC(NC(=O)Nc1ccc2c(c1)C(=O)OC21c2ccc(OC3OC(C(=O)O)C(O)C(O)C3O)cc2Oc2cc(OC3OC(C(=O)O)C(O)C(O)C3O)ccc21)C(=O)NCCCCNC(=O)c1cc2cc(Cl)c(O)cc2oc1=O. The predicted molar refractivity (Wildman–Crippen MR) is 271 cm³/mol. The minimum atomic E-state index is -2.04. The minimum absolute atomic E-state index is 0.0106. The number of carboxylic acids is 3. The molecule has 0 saturated carbocycles. The van der Waals surface area contributed by atoms with Crippen LogP contribution in [0.25, 0.3) is 11.0 Å². The normalized spacial score (nSPS) is 25.5. The maximum Gasteiger partial charge on any atom is 0.349 e. The van der Waals surface area contributed by atoms with Gasteiger partial charge in [-0.1, -0.05) is 17.7 Å². The summed E-state index contributed by atoms with van der Waals surface area (Å²) in [5.41, 5.74) is -2.98. The third-order valence-corrected chi connectivity index (χ3v) is 13.9. The third kappa shape index (κ3) is 11.5. The number of fused-ring (bicyclic) bond motifs is 7. The van der Waals surface area contributed by atoms with Crippen molar-refractivity contribution in [2.24, 2.45) is 0 Å². The molecule has 29 nitrogen and oxygen atoms in total. The number of benzene rings is 4. The molecule has 11 atom stereocenters. The van der Waals surface area contributed by atoms with Crippen LogP contribution in [0.3, 0.4) is 0 Å². The zero-order chi connectivity index (χ0) is 59.1. The number of rotatable bonds is 18. The Morgan fingerprint density at radius 1 is 0.671 bits per heavy atom. The number of nitrogens with one attached hydrogen (secondary N) is 4. The first-order valence-corrected chi connectivity index (χ1v) is 25.2. The highest BCUT2D eigenvalue weighted by Crippen LogP contribution is 2.57. The zero-order valence-electron chi connectivity index (χ0n) is 42.0. The molecule has 2 saturated heterocycles. The van der Waals surface area contributed by atoms with Gasteiger partial charge in [0.2, 0.25) is 18.5 Å². The van der Waals surface area contributed by atoms with E-state index in [9.17, 15) is 89.4 Å². The first-order chi connectivity index (χ1) is 38.9. The number of carbonyl (C=O) groups excluding carboxylic acids is 4. The van der Waals surface area contributed by atoms with E-state index in [0.29, 0.717) is 6.42 Å². The number of aromatic hydroxyl groups is 1. The molecule has 434 valence electrons. The van der Waals surface area contributed by atoms with E-state index in [1.165, 1.54) is 66.7 Å². The molecule has 4 amide bonds. The molecule has 14 N–H and O–H groups in total. The van der Waals surface area contributed by atoms with E-state index >= 15 is 0 Å². The van der Waals surface area contributed by atoms with Gasteiger partial charge in [0.15, 0.2) is 17.8 Å². The molecular formula is C52H49ClN4O25. The van der Waals surface area contributed by atoms with Crippen LogP contribution < -0.4 is 41.1 Å². The Morgan fingerprint density at radius 3 is 1.79 bits per heavy atom. The Kier molecular flexibility index (Phi) is 16.6. The number of carboxylic acid groups (broad SMARTS) is 3. The third-order valence-electron chi connectivity index (χ3n) is 13.6. The van der Waals surface area contributed by atoms with Gasteiger partial charge in [0.25, 0.3) is 5.91 Å². The van der Waals surface area contributed by atoms with Crippen LogP contribution >= 0.6 is 11.6 Å². The number of hydrogen-bond acceptors (Lipinski definition) is 22. The van der Waals surface area contributed by atoms with Gasteiger partial charge in [-0.25, -0.2) is 24.0 Å². The lowest BCUT2D eigenvalue weighted by Gasteiger charge is -2.39. The predicted octanol–water partition coefficient (Wildman–Crippen LogP) is -0.0567. The molecule has 5 aromatic rings. The molecule has 30 heteroatoms. The highest BCUT2D eigenvalue weighted by molar-refractivity contribution is 6.32. The van der Waals surface area contributed by atoms with Crippen LogP contribution in [0.1, 0.15) is 63.1 Å². The summed E-state index contributed by atoms with van der Waals surface area (Å²) < 4.78 is 39.7. The van der Waals surface area contributed by atoms with Gasteiger partial charge in [0, 0.05) is 65.5 Å². The van der Waals surface area contributed by atoms with Crippen molar-refractivity contribution < 1.29 is 117 Å². The summed E-state index contributed by atoms with van der Waals surface area (Å²) in [4.78, 5) is 101. The van der Waals surface area contributed by atoms with Gasteiger partial charge in [-0.2, -0.15) is 0 Å². The average Bonchev–Trinajstić information content (AvgIpc) is 1.75. The molecule has 2 fully saturated rings. The van der Waals surface area contributed by atoms with Crippen LogP contribution in [-0.4, -0.2) is 173 Å². The van der Waals surface area contributed by atoms with E-state index in [1.54, 1.807) is 0 Å². The number of hydrogen-bond donors (Lipinski definition) is 14. The summed E-state index contributed by atoms with van der Waals surface area (Å²) in [7, 11) is 0. The van der Waals surface area contributed by atoms with Crippen LogP contribution in [0.15, 0.2) is 82.0 Å². The van der Waals surface area contributed by atoms with Crippen molar-refractivity contribution in [3.8, 4) is 28.7 Å². The number of aliphatic hydroxyl groups is 6. The van der Waals surface area contributed by atoms with Crippen LogP contribution in [0, 0.1) is 0 Å². The second-order valence-corrected chi connectivity index (χ2v) is 19.5. The number of phenols is 1. The molecule has 4 aromatic carbocycles. The monoisotopic (exact) mass is 1160 g/mol. The molecule has 0 aliphatic carbocycles. The molecule has 9 rings (SSSR count). The Labute approximate surface area is 464 Å². The van der Waals surface area contributed by atoms with Gasteiger partial charge < -0.3 is 105 Å². The fraction of sp³-hybridized carbons (Fsp3) is 0.346. The van der Waals surface area contributed by atoms with Crippen LogP contribution in [0.4, 0.5) is 10.5 Å². The van der Waals surface area contributed by atoms with Gasteiger partial charge in [-0.15, -0.1) is 0 Å². The lowest BCUT2D eigenvalue weighted by atomic mass is 9.77. The number of aliphatic carboxylic acids is 3. The lowest BCUT2D eigenvalue weighted by molar-refractivity contribution is -0.271.